The standard InChI is InChI=1S/C13H17NOS/c1-10-7-8-14(13(15)16)12(9-10)11-5-3-2-4-6-11/h2-6,10,12H,7-9H2,1H3,(H,15,16). The third kappa shape index (κ3) is 2.40. The lowest BCUT2D eigenvalue weighted by molar-refractivity contribution is 0.151. The summed E-state index contributed by atoms with van der Waals surface area (Å²) in [5.74, 6) is 0.675. The van der Waals surface area contributed by atoms with Crippen molar-refractivity contribution in [2.24, 2.45) is 5.92 Å². The van der Waals surface area contributed by atoms with Crippen molar-refractivity contribution < 1.29 is 4.79 Å². The number of amides is 1. The molecule has 0 radical (unpaired) electrons. The van der Waals surface area contributed by atoms with Gasteiger partial charge in [0.25, 0.3) is 5.24 Å². The number of hydrogen-bond donors (Lipinski definition) is 1. The van der Waals surface area contributed by atoms with Crippen LogP contribution in [0.2, 0.25) is 0 Å². The zero-order valence-electron chi connectivity index (χ0n) is 9.47. The predicted molar refractivity (Wildman–Crippen MR) is 68.7 cm³/mol. The van der Waals surface area contributed by atoms with E-state index >= 15 is 0 Å². The molecule has 2 rings (SSSR count). The first-order valence-electron chi connectivity index (χ1n) is 5.73. The molecule has 0 N–H and O–H groups in total. The Morgan fingerprint density at radius 3 is 2.69 bits per heavy atom. The lowest BCUT2D eigenvalue weighted by atomic mass is 9.89. The second kappa shape index (κ2) is 4.91. The molecule has 0 spiro atoms. The van der Waals surface area contributed by atoms with Crippen molar-refractivity contribution in [3.8, 4) is 0 Å². The van der Waals surface area contributed by atoms with Crippen LogP contribution in [-0.2, 0) is 0 Å². The summed E-state index contributed by atoms with van der Waals surface area (Å²) < 4.78 is 0. The molecule has 1 aromatic rings. The van der Waals surface area contributed by atoms with Crippen LogP contribution in [-0.4, -0.2) is 16.7 Å². The van der Waals surface area contributed by atoms with Gasteiger partial charge in [-0.25, -0.2) is 0 Å². The molecular weight excluding hydrogens is 218 g/mol. The SMILES string of the molecule is CC1CCN(C(=O)S)C(c2ccccc2)C1. The largest absolute Gasteiger partial charge is 0.327 e. The zero-order chi connectivity index (χ0) is 11.5. The van der Waals surface area contributed by atoms with Crippen LogP contribution in [0.5, 0.6) is 0 Å². The molecular formula is C13H17NOS. The quantitative estimate of drug-likeness (QED) is 0.739. The van der Waals surface area contributed by atoms with Crippen LogP contribution in [0, 0.1) is 5.92 Å². The van der Waals surface area contributed by atoms with Gasteiger partial charge in [0, 0.05) is 6.54 Å². The second-order valence-corrected chi connectivity index (χ2v) is 4.91. The average Bonchev–Trinajstić information content (AvgIpc) is 2.29. The number of carbonyl (C=O) groups is 1. The number of likely N-dealkylation sites (tertiary alicyclic amines) is 1. The van der Waals surface area contributed by atoms with E-state index in [4.69, 9.17) is 0 Å². The van der Waals surface area contributed by atoms with E-state index in [0.29, 0.717) is 5.92 Å². The van der Waals surface area contributed by atoms with Crippen LogP contribution in [0.4, 0.5) is 4.79 Å². The van der Waals surface area contributed by atoms with Gasteiger partial charge in [0.15, 0.2) is 0 Å². The number of rotatable bonds is 1. The first-order chi connectivity index (χ1) is 7.68. The molecule has 0 aliphatic carbocycles. The summed E-state index contributed by atoms with van der Waals surface area (Å²) >= 11 is 3.97. The van der Waals surface area contributed by atoms with E-state index in [9.17, 15) is 4.79 Å². The van der Waals surface area contributed by atoms with Crippen molar-refractivity contribution in [1.29, 1.82) is 0 Å². The topological polar surface area (TPSA) is 20.3 Å². The maximum atomic E-state index is 11.5. The van der Waals surface area contributed by atoms with E-state index in [1.54, 1.807) is 0 Å². The zero-order valence-corrected chi connectivity index (χ0v) is 10.4. The fraction of sp³-hybridized carbons (Fsp3) is 0.462. The molecule has 0 saturated carbocycles. The second-order valence-electron chi connectivity index (χ2n) is 4.53. The van der Waals surface area contributed by atoms with Gasteiger partial charge in [-0.1, -0.05) is 49.9 Å². The van der Waals surface area contributed by atoms with Crippen molar-refractivity contribution in [1.82, 2.24) is 4.90 Å². The summed E-state index contributed by atoms with van der Waals surface area (Å²) in [6.45, 7) is 3.07. The van der Waals surface area contributed by atoms with E-state index in [0.717, 1.165) is 19.4 Å². The van der Waals surface area contributed by atoms with Crippen molar-refractivity contribution >= 4 is 17.9 Å². The lowest BCUT2D eigenvalue weighted by Gasteiger charge is -2.37. The van der Waals surface area contributed by atoms with Crippen molar-refractivity contribution in [3.05, 3.63) is 35.9 Å². The van der Waals surface area contributed by atoms with Crippen molar-refractivity contribution in [2.45, 2.75) is 25.8 Å². The molecule has 86 valence electrons. The van der Waals surface area contributed by atoms with Gasteiger partial charge in [-0.3, -0.25) is 4.79 Å². The van der Waals surface area contributed by atoms with E-state index in [-0.39, 0.29) is 11.3 Å². The normalized spacial score (nSPS) is 25.5. The number of carbonyl (C=O) groups excluding carboxylic acids is 1. The molecule has 1 heterocycles. The molecule has 2 atom stereocenters. The highest BCUT2D eigenvalue weighted by Crippen LogP contribution is 2.34. The molecule has 16 heavy (non-hydrogen) atoms. The van der Waals surface area contributed by atoms with Crippen LogP contribution >= 0.6 is 12.6 Å². The van der Waals surface area contributed by atoms with Crippen molar-refractivity contribution in [2.75, 3.05) is 6.54 Å². The van der Waals surface area contributed by atoms with Gasteiger partial charge >= 0.3 is 0 Å². The maximum absolute atomic E-state index is 11.5. The number of piperidine rings is 1. The van der Waals surface area contributed by atoms with Gasteiger partial charge in [0.1, 0.15) is 0 Å². The fourth-order valence-electron chi connectivity index (χ4n) is 2.36. The highest BCUT2D eigenvalue weighted by Gasteiger charge is 2.29. The van der Waals surface area contributed by atoms with Crippen LogP contribution < -0.4 is 0 Å². The summed E-state index contributed by atoms with van der Waals surface area (Å²) in [4.78, 5) is 13.4. The predicted octanol–water partition coefficient (Wildman–Crippen LogP) is 3.51. The van der Waals surface area contributed by atoms with Crippen LogP contribution in [0.3, 0.4) is 0 Å². The van der Waals surface area contributed by atoms with E-state index in [1.807, 2.05) is 23.1 Å². The van der Waals surface area contributed by atoms with Gasteiger partial charge in [0.2, 0.25) is 0 Å². The summed E-state index contributed by atoms with van der Waals surface area (Å²) in [5, 5.41) is -0.110. The molecule has 0 bridgehead atoms. The summed E-state index contributed by atoms with van der Waals surface area (Å²) in [6, 6.07) is 10.4. The molecule has 2 unspecified atom stereocenters. The first-order valence-corrected chi connectivity index (χ1v) is 6.17. The Kier molecular flexibility index (Phi) is 3.54. The highest BCUT2D eigenvalue weighted by atomic mass is 32.1. The first kappa shape index (κ1) is 11.5. The molecule has 1 aromatic carbocycles. The molecule has 1 aliphatic rings. The number of nitrogens with zero attached hydrogens (tertiary/aromatic N) is 1. The maximum Gasteiger partial charge on any atom is 0.279 e. The Labute approximate surface area is 102 Å². The summed E-state index contributed by atoms with van der Waals surface area (Å²) in [6.07, 6.45) is 2.12. The van der Waals surface area contributed by atoms with Gasteiger partial charge in [-0.15, -0.1) is 0 Å². The minimum atomic E-state index is -0.110. The van der Waals surface area contributed by atoms with Gasteiger partial charge < -0.3 is 4.90 Å². The Morgan fingerprint density at radius 2 is 2.06 bits per heavy atom. The molecule has 1 fully saturated rings. The van der Waals surface area contributed by atoms with E-state index < -0.39 is 0 Å². The Balaban J connectivity index is 2.24. The van der Waals surface area contributed by atoms with Crippen molar-refractivity contribution in [3.63, 3.8) is 0 Å². The number of benzene rings is 1. The molecule has 1 saturated heterocycles. The minimum Gasteiger partial charge on any atom is -0.327 e. The molecule has 1 aliphatic heterocycles. The third-order valence-corrected chi connectivity index (χ3v) is 3.55. The van der Waals surface area contributed by atoms with Gasteiger partial charge in [-0.2, -0.15) is 0 Å². The Hall–Kier alpha value is -0.960. The minimum absolute atomic E-state index is 0.110. The van der Waals surface area contributed by atoms with Crippen LogP contribution in [0.25, 0.3) is 0 Å². The lowest BCUT2D eigenvalue weighted by Crippen LogP contribution is -2.37. The number of hydrogen-bond acceptors (Lipinski definition) is 1. The third-order valence-electron chi connectivity index (χ3n) is 3.29. The van der Waals surface area contributed by atoms with E-state index in [1.165, 1.54) is 5.56 Å². The Morgan fingerprint density at radius 1 is 1.38 bits per heavy atom. The van der Waals surface area contributed by atoms with Gasteiger partial charge in [0.05, 0.1) is 6.04 Å². The molecule has 1 amide bonds. The monoisotopic (exact) mass is 235 g/mol. The molecule has 2 nitrogen and oxygen atoms in total. The Bertz CT molecular complexity index is 365. The molecule has 0 aromatic heterocycles. The fourth-order valence-corrected chi connectivity index (χ4v) is 2.60. The molecule has 3 heteroatoms. The van der Waals surface area contributed by atoms with E-state index in [2.05, 4.69) is 31.7 Å². The van der Waals surface area contributed by atoms with Gasteiger partial charge in [-0.05, 0) is 24.3 Å². The summed E-state index contributed by atoms with van der Waals surface area (Å²) in [7, 11) is 0. The van der Waals surface area contributed by atoms with Crippen LogP contribution in [0.15, 0.2) is 30.3 Å². The highest BCUT2D eigenvalue weighted by molar-refractivity contribution is 7.96. The smallest absolute Gasteiger partial charge is 0.279 e. The number of thiol groups is 1. The average molecular weight is 235 g/mol. The summed E-state index contributed by atoms with van der Waals surface area (Å²) in [5.41, 5.74) is 1.22. The van der Waals surface area contributed by atoms with Crippen LogP contribution in [0.1, 0.15) is 31.4 Å².